The van der Waals surface area contributed by atoms with Crippen molar-refractivity contribution >= 4 is 82.7 Å². The summed E-state index contributed by atoms with van der Waals surface area (Å²) in [5, 5.41) is 27.6. The zero-order valence-corrected chi connectivity index (χ0v) is 59.4. The van der Waals surface area contributed by atoms with Crippen molar-refractivity contribution < 1.29 is 62.0 Å². The van der Waals surface area contributed by atoms with E-state index in [0.29, 0.717) is 198 Å². The van der Waals surface area contributed by atoms with Gasteiger partial charge < -0.3 is 97.5 Å². The molecule has 0 spiro atoms. The fraction of sp³-hybridized carbons (Fsp3) is 0.765. The van der Waals surface area contributed by atoms with Gasteiger partial charge in [-0.3, -0.25) is 24.0 Å². The Hall–Kier alpha value is -5.90. The highest BCUT2D eigenvalue weighted by atomic mass is 32.2. The van der Waals surface area contributed by atoms with Crippen molar-refractivity contribution in [1.82, 2.24) is 57.5 Å². The lowest BCUT2D eigenvalue weighted by Crippen LogP contribution is -2.42. The van der Waals surface area contributed by atoms with Crippen molar-refractivity contribution in [3.8, 4) is 0 Å². The Morgan fingerprint density at radius 2 is 0.869 bits per heavy atom. The molecule has 6 atom stereocenters. The molecule has 1 aliphatic carbocycles. The van der Waals surface area contributed by atoms with Gasteiger partial charge in [0.25, 0.3) is 11.8 Å². The van der Waals surface area contributed by atoms with Crippen molar-refractivity contribution in [1.29, 1.82) is 0 Å². The third kappa shape index (κ3) is 26.5. The van der Waals surface area contributed by atoms with Crippen molar-refractivity contribution in [2.75, 3.05) is 158 Å². The van der Waals surface area contributed by atoms with Gasteiger partial charge in [0.2, 0.25) is 29.6 Å². The standard InChI is InChI=1S/C68H110N16O13S2/c69-50-17-25-83(26-18-50)65-80-61(81-66(82-65)84-27-19-51(70)20-28-84)46-13-15-47(16-14-46)64(89)75-52-42-48(62(87)73-23-7-31-94-35-39-96-37-33-92-29-5-21-71-57(85)11-3-1-9-55-59-53(44-98-55)76-67(90)78-59)41-49(43-52)63(88)74-24-8-32-95-36-40-97-38-34-93-30-6-22-72-58(86)12-4-2-10-56-60-54(45-99-56)77-68(91)79-60/h41-43,46-47,50-51,53-56,59-60H,1-40,44-45,69-70H2,(H,71,85)(H,72,86)(H,73,87)(H,74,88)(H,75,89)(H2,76,78,90)(H2,77,79,91). The maximum atomic E-state index is 14.1. The number of carbonyl (C=O) groups is 7. The molecule has 6 saturated heterocycles. The second-order valence-corrected chi connectivity index (χ2v) is 29.4. The average Bonchev–Trinajstić information content (AvgIpc) is 1.77. The molecule has 7 fully saturated rings. The quantitative estimate of drug-likeness (QED) is 0.0334. The summed E-state index contributed by atoms with van der Waals surface area (Å²) in [6, 6.07) is 5.72. The van der Waals surface area contributed by atoms with Crippen LogP contribution in [0.3, 0.4) is 0 Å². The number of nitrogens with zero attached hydrogens (tertiary/aromatic N) is 5. The number of unbranched alkanes of at least 4 members (excludes halogenated alkanes) is 2. The summed E-state index contributed by atoms with van der Waals surface area (Å²) in [5.41, 5.74) is 13.3. The highest BCUT2D eigenvalue weighted by Gasteiger charge is 2.44. The summed E-state index contributed by atoms with van der Waals surface area (Å²) >= 11 is 3.78. The number of thioether (sulfide) groups is 2. The molecule has 0 bridgehead atoms. The van der Waals surface area contributed by atoms with Crippen LogP contribution in [0.25, 0.3) is 0 Å². The first-order valence-electron chi connectivity index (χ1n) is 36.5. The van der Waals surface area contributed by atoms with Gasteiger partial charge in [-0.1, -0.05) is 12.8 Å². The van der Waals surface area contributed by atoms with Gasteiger partial charge in [0.05, 0.1) is 77.0 Å². The molecule has 552 valence electrons. The van der Waals surface area contributed by atoms with E-state index in [9.17, 15) is 33.6 Å². The Morgan fingerprint density at radius 3 is 1.28 bits per heavy atom. The van der Waals surface area contributed by atoms with Gasteiger partial charge in [-0.25, -0.2) is 9.59 Å². The van der Waals surface area contributed by atoms with Crippen LogP contribution >= 0.6 is 23.5 Å². The molecule has 7 aliphatic rings. The Labute approximate surface area is 591 Å². The van der Waals surface area contributed by atoms with Crippen LogP contribution in [0.5, 0.6) is 0 Å². The van der Waals surface area contributed by atoms with E-state index in [4.69, 9.17) is 54.8 Å². The van der Waals surface area contributed by atoms with Crippen LogP contribution in [0.2, 0.25) is 0 Å². The van der Waals surface area contributed by atoms with Gasteiger partial charge >= 0.3 is 12.1 Å². The number of benzene rings is 1. The normalized spacial score (nSPS) is 23.0. The molecular formula is C68H110N16O13S2. The Bertz CT molecular complexity index is 2690. The van der Waals surface area contributed by atoms with Crippen molar-refractivity contribution in [3.05, 3.63) is 35.2 Å². The number of aromatic nitrogens is 3. The lowest BCUT2D eigenvalue weighted by atomic mass is 9.81. The number of amides is 9. The number of anilines is 3. The molecule has 1 aromatic heterocycles. The lowest BCUT2D eigenvalue weighted by Gasteiger charge is -2.34. The molecule has 1 saturated carbocycles. The first-order chi connectivity index (χ1) is 48.3. The number of ether oxygens (including phenoxy) is 6. The second kappa shape index (κ2) is 42.5. The van der Waals surface area contributed by atoms with Crippen LogP contribution in [-0.4, -0.2) is 246 Å². The van der Waals surface area contributed by atoms with Crippen LogP contribution < -0.4 is 69.1 Å². The number of fused-ring (bicyclic) bond motifs is 2. The van der Waals surface area contributed by atoms with E-state index in [1.807, 2.05) is 23.5 Å². The molecular weight excluding hydrogens is 1310 g/mol. The van der Waals surface area contributed by atoms with Gasteiger partial charge in [-0.15, -0.1) is 0 Å². The maximum Gasteiger partial charge on any atom is 0.315 e. The molecule has 29 nitrogen and oxygen atoms in total. The highest BCUT2D eigenvalue weighted by molar-refractivity contribution is 8.00. The number of piperidine rings is 2. The summed E-state index contributed by atoms with van der Waals surface area (Å²) in [5.74, 6) is 2.81. The first kappa shape index (κ1) is 77.3. The first-order valence-corrected chi connectivity index (χ1v) is 38.6. The minimum atomic E-state index is -0.399. The highest BCUT2D eigenvalue weighted by Crippen LogP contribution is 2.38. The van der Waals surface area contributed by atoms with E-state index < -0.39 is 11.8 Å². The van der Waals surface area contributed by atoms with Gasteiger partial charge in [-0.2, -0.15) is 38.5 Å². The Balaban J connectivity index is 0.637. The van der Waals surface area contributed by atoms with Crippen molar-refractivity contribution in [3.63, 3.8) is 0 Å². The molecule has 13 N–H and O–H groups in total. The molecule has 6 aliphatic heterocycles. The maximum absolute atomic E-state index is 14.1. The van der Waals surface area contributed by atoms with Crippen LogP contribution in [0.1, 0.15) is 161 Å². The molecule has 6 unspecified atom stereocenters. The van der Waals surface area contributed by atoms with Crippen LogP contribution in [0, 0.1) is 5.92 Å². The number of nitrogens with one attached hydrogen (secondary N) is 9. The summed E-state index contributed by atoms with van der Waals surface area (Å²) in [6.07, 6.45) is 15.1. The number of rotatable bonds is 45. The minimum Gasteiger partial charge on any atom is -0.379 e. The van der Waals surface area contributed by atoms with Gasteiger partial charge in [-0.05, 0) is 121 Å². The number of hydrogen-bond acceptors (Lipinski definition) is 22. The van der Waals surface area contributed by atoms with Gasteiger partial charge in [0.15, 0.2) is 0 Å². The zero-order valence-electron chi connectivity index (χ0n) is 57.7. The summed E-state index contributed by atoms with van der Waals surface area (Å²) < 4.78 is 34.2. The number of hydrogen-bond donors (Lipinski definition) is 11. The molecule has 2 aromatic rings. The van der Waals surface area contributed by atoms with E-state index >= 15 is 0 Å². The molecule has 31 heteroatoms. The third-order valence-corrected chi connectivity index (χ3v) is 22.2. The monoisotopic (exact) mass is 1420 g/mol. The second-order valence-electron chi connectivity index (χ2n) is 26.8. The fourth-order valence-electron chi connectivity index (χ4n) is 13.4. The number of carbonyl (C=O) groups excluding carboxylic acids is 7. The fourth-order valence-corrected chi connectivity index (χ4v) is 16.5. The minimum absolute atomic E-state index is 0.0426. The van der Waals surface area contributed by atoms with E-state index in [2.05, 4.69) is 57.7 Å². The van der Waals surface area contributed by atoms with Crippen LogP contribution in [-0.2, 0) is 42.8 Å². The largest absolute Gasteiger partial charge is 0.379 e. The number of urea groups is 2. The van der Waals surface area contributed by atoms with E-state index in [1.54, 1.807) is 12.1 Å². The molecule has 99 heavy (non-hydrogen) atoms. The van der Waals surface area contributed by atoms with Crippen LogP contribution in [0.4, 0.5) is 27.2 Å². The molecule has 1 aromatic carbocycles. The smallest absolute Gasteiger partial charge is 0.315 e. The summed E-state index contributed by atoms with van der Waals surface area (Å²) in [6.45, 7) is 9.80. The molecule has 9 rings (SSSR count). The predicted octanol–water partition coefficient (Wildman–Crippen LogP) is 3.44. The SMILES string of the molecule is NC1CCN(c2nc(C3CCC(C(=O)Nc4cc(C(=O)NCCCOCCOCCOCCCNC(=O)CCCCC5SCC6NC(=O)NC65)cc(C(=O)NCCCOCCOCCOCCCNC(=O)CCCCC5SCC6NC(=O)NC65)c4)CC3)nc(N3CCC(N)CC3)n2)CC1. The van der Waals surface area contributed by atoms with E-state index in [1.165, 1.54) is 6.07 Å². The van der Waals surface area contributed by atoms with E-state index in [0.717, 1.165) is 108 Å². The molecule has 7 heterocycles. The predicted molar refractivity (Wildman–Crippen MR) is 380 cm³/mol. The topological polar surface area (TPSA) is 380 Å². The van der Waals surface area contributed by atoms with E-state index in [-0.39, 0.29) is 89.0 Å². The number of nitrogens with two attached hydrogens (primary N) is 2. The summed E-state index contributed by atoms with van der Waals surface area (Å²) in [4.78, 5) is 109. The van der Waals surface area contributed by atoms with Crippen molar-refractivity contribution in [2.24, 2.45) is 17.4 Å². The van der Waals surface area contributed by atoms with Gasteiger partial charge in [0, 0.05) is 154 Å². The Kier molecular flexibility index (Phi) is 33.2. The summed E-state index contributed by atoms with van der Waals surface area (Å²) in [7, 11) is 0. The average molecular weight is 1420 g/mol. The molecule has 0 radical (unpaired) electrons. The molecule has 9 amide bonds. The van der Waals surface area contributed by atoms with Crippen LogP contribution in [0.15, 0.2) is 18.2 Å². The lowest BCUT2D eigenvalue weighted by molar-refractivity contribution is -0.122. The van der Waals surface area contributed by atoms with Crippen molar-refractivity contribution in [2.45, 2.75) is 181 Å². The van der Waals surface area contributed by atoms with Gasteiger partial charge in [0.1, 0.15) is 5.82 Å². The Morgan fingerprint density at radius 1 is 0.475 bits per heavy atom. The third-order valence-electron chi connectivity index (χ3n) is 19.2. The zero-order chi connectivity index (χ0) is 69.4.